The highest BCUT2D eigenvalue weighted by Gasteiger charge is 2.14. The van der Waals surface area contributed by atoms with Gasteiger partial charge in [0.05, 0.1) is 0 Å². The lowest BCUT2D eigenvalue weighted by atomic mass is 9.91. The van der Waals surface area contributed by atoms with E-state index in [2.05, 4.69) is 67.0 Å². The minimum Gasteiger partial charge on any atom is -0.324 e. The number of hydrogen-bond acceptors (Lipinski definition) is 1. The van der Waals surface area contributed by atoms with E-state index in [9.17, 15) is 0 Å². The van der Waals surface area contributed by atoms with Crippen LogP contribution < -0.4 is 5.73 Å². The Hall–Kier alpha value is -1.12. The molecule has 0 aliphatic rings. The smallest absolute Gasteiger partial charge is 0.0341 e. The van der Waals surface area contributed by atoms with E-state index in [4.69, 9.17) is 5.73 Å². The van der Waals surface area contributed by atoms with E-state index in [1.54, 1.807) is 0 Å². The van der Waals surface area contributed by atoms with Crippen LogP contribution in [-0.2, 0) is 6.42 Å². The zero-order chi connectivity index (χ0) is 14.0. The first-order valence-corrected chi connectivity index (χ1v) is 7.35. The highest BCUT2D eigenvalue weighted by atomic mass is 79.9. The molecule has 19 heavy (non-hydrogen) atoms. The molecule has 1 nitrogen and oxygen atoms in total. The zero-order valence-electron chi connectivity index (χ0n) is 11.7. The van der Waals surface area contributed by atoms with Gasteiger partial charge in [-0.2, -0.15) is 0 Å². The molecule has 0 amide bonds. The predicted molar refractivity (Wildman–Crippen MR) is 85.4 cm³/mol. The summed E-state index contributed by atoms with van der Waals surface area (Å²) in [6.07, 6.45) is 0.853. The standard InChI is InChI=1S/C17H20BrN/c1-11-8-12(2)17(13(3)9-11)16(19)10-14-6-4-5-7-15(14)18/h4-9,16H,10,19H2,1-3H3. The molecule has 2 aromatic carbocycles. The van der Waals surface area contributed by atoms with Crippen molar-refractivity contribution in [1.82, 2.24) is 0 Å². The van der Waals surface area contributed by atoms with Gasteiger partial charge in [0.25, 0.3) is 0 Å². The first-order chi connectivity index (χ1) is 8.99. The molecule has 2 N–H and O–H groups in total. The Labute approximate surface area is 124 Å². The van der Waals surface area contributed by atoms with Crippen molar-refractivity contribution in [3.8, 4) is 0 Å². The van der Waals surface area contributed by atoms with Crippen LogP contribution in [0.25, 0.3) is 0 Å². The van der Waals surface area contributed by atoms with Crippen molar-refractivity contribution in [1.29, 1.82) is 0 Å². The largest absolute Gasteiger partial charge is 0.324 e. The number of nitrogens with two attached hydrogens (primary N) is 1. The maximum absolute atomic E-state index is 6.43. The van der Waals surface area contributed by atoms with Crippen molar-refractivity contribution in [2.45, 2.75) is 33.2 Å². The van der Waals surface area contributed by atoms with Gasteiger partial charge in [-0.25, -0.2) is 0 Å². The summed E-state index contributed by atoms with van der Waals surface area (Å²) in [5.41, 5.74) is 12.8. The van der Waals surface area contributed by atoms with E-state index in [0.29, 0.717) is 0 Å². The normalized spacial score (nSPS) is 12.5. The lowest BCUT2D eigenvalue weighted by Crippen LogP contribution is -2.16. The first kappa shape index (κ1) is 14.3. The van der Waals surface area contributed by atoms with E-state index >= 15 is 0 Å². The summed E-state index contributed by atoms with van der Waals surface area (Å²) in [7, 11) is 0. The average molecular weight is 318 g/mol. The van der Waals surface area contributed by atoms with Crippen molar-refractivity contribution in [3.05, 3.63) is 68.7 Å². The molecule has 0 spiro atoms. The van der Waals surface area contributed by atoms with Gasteiger partial charge in [-0.1, -0.05) is 51.8 Å². The maximum Gasteiger partial charge on any atom is 0.0341 e. The van der Waals surface area contributed by atoms with Crippen LogP contribution in [0.5, 0.6) is 0 Å². The van der Waals surface area contributed by atoms with Gasteiger partial charge < -0.3 is 5.73 Å². The number of hydrogen-bond donors (Lipinski definition) is 1. The molecule has 2 heteroatoms. The topological polar surface area (TPSA) is 26.0 Å². The summed E-state index contributed by atoms with van der Waals surface area (Å²) in [5.74, 6) is 0. The molecule has 2 rings (SSSR count). The Morgan fingerprint density at radius 3 is 2.21 bits per heavy atom. The predicted octanol–water partition coefficient (Wildman–Crippen LogP) is 4.62. The van der Waals surface area contributed by atoms with Crippen LogP contribution in [0.2, 0.25) is 0 Å². The summed E-state index contributed by atoms with van der Waals surface area (Å²) in [6, 6.07) is 12.7. The van der Waals surface area contributed by atoms with Gasteiger partial charge in [-0.15, -0.1) is 0 Å². The monoisotopic (exact) mass is 317 g/mol. The van der Waals surface area contributed by atoms with E-state index in [-0.39, 0.29) is 6.04 Å². The minimum absolute atomic E-state index is 0.0410. The Balaban J connectivity index is 2.31. The molecule has 100 valence electrons. The SMILES string of the molecule is Cc1cc(C)c(C(N)Cc2ccccc2Br)c(C)c1. The molecule has 0 aliphatic carbocycles. The molecular formula is C17H20BrN. The Kier molecular flexibility index (Phi) is 4.43. The van der Waals surface area contributed by atoms with Crippen molar-refractivity contribution < 1.29 is 0 Å². The lowest BCUT2D eigenvalue weighted by Gasteiger charge is -2.19. The summed E-state index contributed by atoms with van der Waals surface area (Å²) < 4.78 is 1.13. The van der Waals surface area contributed by atoms with Crippen LogP contribution >= 0.6 is 15.9 Å². The molecule has 0 fully saturated rings. The summed E-state index contributed by atoms with van der Waals surface area (Å²) in [6.45, 7) is 6.42. The van der Waals surface area contributed by atoms with Crippen molar-refractivity contribution in [3.63, 3.8) is 0 Å². The Morgan fingerprint density at radius 2 is 1.63 bits per heavy atom. The number of rotatable bonds is 3. The number of halogens is 1. The Bertz CT molecular complexity index is 567. The van der Waals surface area contributed by atoms with Crippen LogP contribution in [0.1, 0.15) is 33.9 Å². The third-order valence-corrected chi connectivity index (χ3v) is 4.28. The molecule has 1 unspecified atom stereocenters. The molecule has 1 atom stereocenters. The number of aryl methyl sites for hydroxylation is 3. The highest BCUT2D eigenvalue weighted by molar-refractivity contribution is 9.10. The first-order valence-electron chi connectivity index (χ1n) is 6.55. The van der Waals surface area contributed by atoms with Gasteiger partial charge in [-0.05, 0) is 55.5 Å². The van der Waals surface area contributed by atoms with E-state index in [1.165, 1.54) is 27.8 Å². The molecule has 0 aliphatic heterocycles. The van der Waals surface area contributed by atoms with Crippen molar-refractivity contribution in [2.75, 3.05) is 0 Å². The molecule has 2 aromatic rings. The molecule has 0 aromatic heterocycles. The van der Waals surface area contributed by atoms with Crippen LogP contribution in [0.4, 0.5) is 0 Å². The van der Waals surface area contributed by atoms with Crippen LogP contribution in [-0.4, -0.2) is 0 Å². The second-order valence-corrected chi connectivity index (χ2v) is 6.07. The average Bonchev–Trinajstić information content (AvgIpc) is 2.30. The van der Waals surface area contributed by atoms with Crippen molar-refractivity contribution >= 4 is 15.9 Å². The summed E-state index contributed by atoms with van der Waals surface area (Å²) in [4.78, 5) is 0. The van der Waals surface area contributed by atoms with Gasteiger partial charge in [-0.3, -0.25) is 0 Å². The maximum atomic E-state index is 6.43. The van der Waals surface area contributed by atoms with E-state index < -0.39 is 0 Å². The Morgan fingerprint density at radius 1 is 1.05 bits per heavy atom. The van der Waals surface area contributed by atoms with Crippen LogP contribution in [0, 0.1) is 20.8 Å². The van der Waals surface area contributed by atoms with E-state index in [0.717, 1.165) is 10.9 Å². The van der Waals surface area contributed by atoms with Crippen LogP contribution in [0.3, 0.4) is 0 Å². The fourth-order valence-corrected chi connectivity index (χ4v) is 3.23. The second kappa shape index (κ2) is 5.89. The molecule has 0 heterocycles. The summed E-state index contributed by atoms with van der Waals surface area (Å²) >= 11 is 3.59. The quantitative estimate of drug-likeness (QED) is 0.878. The molecule has 0 saturated heterocycles. The fourth-order valence-electron chi connectivity index (χ4n) is 2.78. The van der Waals surface area contributed by atoms with Gasteiger partial charge in [0, 0.05) is 10.5 Å². The van der Waals surface area contributed by atoms with Gasteiger partial charge >= 0.3 is 0 Å². The van der Waals surface area contributed by atoms with Gasteiger partial charge in [0.1, 0.15) is 0 Å². The third kappa shape index (κ3) is 3.26. The fraction of sp³-hybridized carbons (Fsp3) is 0.294. The summed E-state index contributed by atoms with van der Waals surface area (Å²) in [5, 5.41) is 0. The van der Waals surface area contributed by atoms with Crippen molar-refractivity contribution in [2.24, 2.45) is 5.73 Å². The second-order valence-electron chi connectivity index (χ2n) is 5.21. The van der Waals surface area contributed by atoms with Gasteiger partial charge in [0.15, 0.2) is 0 Å². The number of benzene rings is 2. The van der Waals surface area contributed by atoms with Crippen LogP contribution in [0.15, 0.2) is 40.9 Å². The molecular weight excluding hydrogens is 298 g/mol. The zero-order valence-corrected chi connectivity index (χ0v) is 13.3. The molecule has 0 bridgehead atoms. The highest BCUT2D eigenvalue weighted by Crippen LogP contribution is 2.27. The molecule has 0 saturated carbocycles. The third-order valence-electron chi connectivity index (χ3n) is 3.51. The lowest BCUT2D eigenvalue weighted by molar-refractivity contribution is 0.709. The molecule has 0 radical (unpaired) electrons. The van der Waals surface area contributed by atoms with E-state index in [1.807, 2.05) is 6.07 Å². The minimum atomic E-state index is 0.0410. The van der Waals surface area contributed by atoms with Gasteiger partial charge in [0.2, 0.25) is 0 Å².